The van der Waals surface area contributed by atoms with Crippen LogP contribution in [-0.4, -0.2) is 7.11 Å². The van der Waals surface area contributed by atoms with E-state index >= 15 is 0 Å². The number of nitriles is 1. The Hall–Kier alpha value is -2.67. The summed E-state index contributed by atoms with van der Waals surface area (Å²) in [6, 6.07) is 11.4. The molecule has 0 spiro atoms. The van der Waals surface area contributed by atoms with Gasteiger partial charge in [-0.3, -0.25) is 0 Å². The molecule has 0 aliphatic heterocycles. The van der Waals surface area contributed by atoms with Gasteiger partial charge in [-0.15, -0.1) is 0 Å². The predicted octanol–water partition coefficient (Wildman–Crippen LogP) is 3.34. The van der Waals surface area contributed by atoms with Crippen LogP contribution in [0.3, 0.4) is 0 Å². The molecule has 0 bridgehead atoms. The van der Waals surface area contributed by atoms with E-state index in [1.165, 1.54) is 0 Å². The van der Waals surface area contributed by atoms with E-state index < -0.39 is 0 Å². The summed E-state index contributed by atoms with van der Waals surface area (Å²) in [5.74, 6) is 1.36. The van der Waals surface area contributed by atoms with Crippen molar-refractivity contribution in [3.05, 3.63) is 52.6 Å². The number of methoxy groups -OCH3 is 1. The zero-order valence-electron chi connectivity index (χ0n) is 12.4. The molecule has 0 aliphatic rings. The summed E-state index contributed by atoms with van der Waals surface area (Å²) < 4.78 is 11.0. The Balaban J connectivity index is 2.21. The molecule has 2 aromatic rings. The molecule has 0 amide bonds. The third-order valence-electron chi connectivity index (χ3n) is 3.41. The van der Waals surface area contributed by atoms with E-state index in [1.807, 2.05) is 32.0 Å². The van der Waals surface area contributed by atoms with Crippen molar-refractivity contribution in [1.29, 1.82) is 5.26 Å². The fourth-order valence-corrected chi connectivity index (χ4v) is 2.15. The number of hydrogen-bond acceptors (Lipinski definition) is 4. The minimum atomic E-state index is 0.379. The van der Waals surface area contributed by atoms with Crippen LogP contribution in [0, 0.1) is 25.2 Å². The lowest BCUT2D eigenvalue weighted by molar-refractivity contribution is 0.302. The average Bonchev–Trinajstić information content (AvgIpc) is 2.50. The maximum absolute atomic E-state index is 9.10. The lowest BCUT2D eigenvalue weighted by atomic mass is 10.1. The molecule has 21 heavy (non-hydrogen) atoms. The fraction of sp³-hybridized carbons (Fsp3) is 0.235. The van der Waals surface area contributed by atoms with Crippen molar-refractivity contribution < 1.29 is 9.47 Å². The van der Waals surface area contributed by atoms with Gasteiger partial charge in [0.1, 0.15) is 24.2 Å². The number of nitrogens with zero attached hydrogens (tertiary/aromatic N) is 1. The molecule has 0 saturated heterocycles. The molecule has 0 saturated carbocycles. The molecule has 2 aromatic carbocycles. The third kappa shape index (κ3) is 3.09. The van der Waals surface area contributed by atoms with Gasteiger partial charge in [0.15, 0.2) is 0 Å². The van der Waals surface area contributed by atoms with Gasteiger partial charge in [-0.25, -0.2) is 0 Å². The monoisotopic (exact) mass is 282 g/mol. The average molecular weight is 282 g/mol. The molecular formula is C17H18N2O2. The third-order valence-corrected chi connectivity index (χ3v) is 3.41. The Morgan fingerprint density at radius 1 is 1.19 bits per heavy atom. The van der Waals surface area contributed by atoms with E-state index in [4.69, 9.17) is 20.5 Å². The van der Waals surface area contributed by atoms with E-state index in [1.54, 1.807) is 19.2 Å². The highest BCUT2D eigenvalue weighted by Gasteiger charge is 2.09. The highest BCUT2D eigenvalue weighted by Crippen LogP contribution is 2.28. The Morgan fingerprint density at radius 2 is 1.95 bits per heavy atom. The molecule has 0 aliphatic carbocycles. The minimum Gasteiger partial charge on any atom is -0.495 e. The van der Waals surface area contributed by atoms with Gasteiger partial charge in [0.2, 0.25) is 0 Å². The molecule has 2 rings (SSSR count). The summed E-state index contributed by atoms with van der Waals surface area (Å²) in [6.45, 7) is 4.30. The number of benzene rings is 2. The van der Waals surface area contributed by atoms with E-state index in [2.05, 4.69) is 6.07 Å². The van der Waals surface area contributed by atoms with Crippen molar-refractivity contribution in [3.63, 3.8) is 0 Å². The standard InChI is InChI=1S/C17H18N2O2/c1-11-4-6-15(19)12(2)17(11)21-10-13-5-7-16(20-3)14(8-13)9-18/h4-8H,10,19H2,1-3H3. The molecule has 4 nitrogen and oxygen atoms in total. The van der Waals surface area contributed by atoms with Crippen LogP contribution in [0.4, 0.5) is 5.69 Å². The molecule has 0 aromatic heterocycles. The number of nitrogens with two attached hydrogens (primary N) is 1. The predicted molar refractivity (Wildman–Crippen MR) is 82.4 cm³/mol. The maximum atomic E-state index is 9.10. The van der Waals surface area contributed by atoms with E-state index in [-0.39, 0.29) is 0 Å². The first-order chi connectivity index (χ1) is 10.1. The molecular weight excluding hydrogens is 264 g/mol. The minimum absolute atomic E-state index is 0.379. The Labute approximate surface area is 124 Å². The van der Waals surface area contributed by atoms with Crippen LogP contribution in [0.1, 0.15) is 22.3 Å². The van der Waals surface area contributed by atoms with Crippen LogP contribution in [0.25, 0.3) is 0 Å². The number of rotatable bonds is 4. The first-order valence-electron chi connectivity index (χ1n) is 6.62. The molecule has 0 radical (unpaired) electrons. The second-order valence-electron chi connectivity index (χ2n) is 4.86. The van der Waals surface area contributed by atoms with Crippen molar-refractivity contribution in [3.8, 4) is 17.6 Å². The van der Waals surface area contributed by atoms with Crippen LogP contribution in [0.15, 0.2) is 30.3 Å². The number of aryl methyl sites for hydroxylation is 1. The van der Waals surface area contributed by atoms with Crippen LogP contribution in [0.2, 0.25) is 0 Å². The summed E-state index contributed by atoms with van der Waals surface area (Å²) in [7, 11) is 1.55. The van der Waals surface area contributed by atoms with Crippen LogP contribution in [-0.2, 0) is 6.61 Å². The topological polar surface area (TPSA) is 68.3 Å². The molecule has 2 N–H and O–H groups in total. The lowest BCUT2D eigenvalue weighted by Crippen LogP contribution is -2.02. The maximum Gasteiger partial charge on any atom is 0.136 e. The van der Waals surface area contributed by atoms with Gasteiger partial charge >= 0.3 is 0 Å². The van der Waals surface area contributed by atoms with E-state index in [0.717, 1.165) is 22.4 Å². The largest absolute Gasteiger partial charge is 0.495 e. The summed E-state index contributed by atoms with van der Waals surface area (Å²) in [4.78, 5) is 0. The van der Waals surface area contributed by atoms with Crippen LogP contribution >= 0.6 is 0 Å². The van der Waals surface area contributed by atoms with Crippen LogP contribution < -0.4 is 15.2 Å². The zero-order valence-corrected chi connectivity index (χ0v) is 12.4. The molecule has 4 heteroatoms. The van der Waals surface area contributed by atoms with Crippen molar-refractivity contribution in [1.82, 2.24) is 0 Å². The number of nitrogen functional groups attached to an aromatic ring is 1. The summed E-state index contributed by atoms with van der Waals surface area (Å²) in [5.41, 5.74) is 10.00. The molecule has 108 valence electrons. The summed E-state index contributed by atoms with van der Waals surface area (Å²) in [5, 5.41) is 9.10. The van der Waals surface area contributed by atoms with Crippen molar-refractivity contribution in [2.24, 2.45) is 0 Å². The van der Waals surface area contributed by atoms with Gasteiger partial charge < -0.3 is 15.2 Å². The number of anilines is 1. The van der Waals surface area contributed by atoms with Crippen LogP contribution in [0.5, 0.6) is 11.5 Å². The van der Waals surface area contributed by atoms with E-state index in [0.29, 0.717) is 23.6 Å². The lowest BCUT2D eigenvalue weighted by Gasteiger charge is -2.14. The van der Waals surface area contributed by atoms with Crippen molar-refractivity contribution >= 4 is 5.69 Å². The van der Waals surface area contributed by atoms with Gasteiger partial charge in [-0.1, -0.05) is 12.1 Å². The van der Waals surface area contributed by atoms with Crippen molar-refractivity contribution in [2.45, 2.75) is 20.5 Å². The summed E-state index contributed by atoms with van der Waals surface area (Å²) in [6.07, 6.45) is 0. The quantitative estimate of drug-likeness (QED) is 0.873. The van der Waals surface area contributed by atoms with Gasteiger partial charge in [0, 0.05) is 11.3 Å². The smallest absolute Gasteiger partial charge is 0.136 e. The van der Waals surface area contributed by atoms with Gasteiger partial charge in [-0.05, 0) is 43.2 Å². The molecule has 0 heterocycles. The Bertz CT molecular complexity index is 703. The Kier molecular flexibility index (Phi) is 4.34. The second kappa shape index (κ2) is 6.19. The Morgan fingerprint density at radius 3 is 2.62 bits per heavy atom. The highest BCUT2D eigenvalue weighted by atomic mass is 16.5. The number of ether oxygens (including phenoxy) is 2. The second-order valence-corrected chi connectivity index (χ2v) is 4.86. The van der Waals surface area contributed by atoms with Gasteiger partial charge in [0.25, 0.3) is 0 Å². The molecule has 0 fully saturated rings. The van der Waals surface area contributed by atoms with Gasteiger partial charge in [0.05, 0.1) is 12.7 Å². The van der Waals surface area contributed by atoms with Gasteiger partial charge in [-0.2, -0.15) is 5.26 Å². The molecule has 0 atom stereocenters. The van der Waals surface area contributed by atoms with E-state index in [9.17, 15) is 0 Å². The first-order valence-corrected chi connectivity index (χ1v) is 6.62. The zero-order chi connectivity index (χ0) is 15.4. The normalized spacial score (nSPS) is 10.0. The SMILES string of the molecule is COc1ccc(COc2c(C)ccc(N)c2C)cc1C#N. The fourth-order valence-electron chi connectivity index (χ4n) is 2.15. The van der Waals surface area contributed by atoms with Crippen molar-refractivity contribution in [2.75, 3.05) is 12.8 Å². The first kappa shape index (κ1) is 14.7. The number of hydrogen-bond donors (Lipinski definition) is 1. The highest BCUT2D eigenvalue weighted by molar-refractivity contribution is 5.56. The summed E-state index contributed by atoms with van der Waals surface area (Å²) >= 11 is 0. The molecule has 0 unspecified atom stereocenters.